The lowest BCUT2D eigenvalue weighted by molar-refractivity contribution is 0.182. The molecule has 1 unspecified atom stereocenters. The number of aromatic nitrogens is 1. The lowest BCUT2D eigenvalue weighted by atomic mass is 9.91. The molecule has 1 aromatic heterocycles. The molecule has 0 saturated carbocycles. The normalized spacial score (nSPS) is 20.9. The summed E-state index contributed by atoms with van der Waals surface area (Å²) in [6.45, 7) is 6.57. The predicted molar refractivity (Wildman–Crippen MR) is 66.2 cm³/mol. The van der Waals surface area contributed by atoms with Gasteiger partial charge >= 0.3 is 6.03 Å². The average molecular weight is 253 g/mol. The van der Waals surface area contributed by atoms with Crippen LogP contribution in [0.4, 0.5) is 10.6 Å². The van der Waals surface area contributed by atoms with Gasteiger partial charge in [-0.2, -0.15) is 0 Å². The highest BCUT2D eigenvalue weighted by molar-refractivity contribution is 5.93. The molecule has 0 spiro atoms. The van der Waals surface area contributed by atoms with Crippen LogP contribution in [0.3, 0.4) is 0 Å². The number of β-amino-alcohol motifs (C(OH)–C–C–N with tert-alkyl or cyclic N) is 1. The summed E-state index contributed by atoms with van der Waals surface area (Å²) >= 11 is 0. The molecule has 0 aliphatic carbocycles. The summed E-state index contributed by atoms with van der Waals surface area (Å²) in [7, 11) is 1.64. The number of nitrogens with zero attached hydrogens (tertiary/aromatic N) is 3. The Morgan fingerprint density at radius 3 is 2.72 bits per heavy atom. The van der Waals surface area contributed by atoms with Crippen molar-refractivity contribution in [3.05, 3.63) is 11.8 Å². The Morgan fingerprint density at radius 1 is 1.56 bits per heavy atom. The highest BCUT2D eigenvalue weighted by Crippen LogP contribution is 2.26. The second kappa shape index (κ2) is 4.28. The summed E-state index contributed by atoms with van der Waals surface area (Å²) in [5.41, 5.74) is 0.0846. The number of carbonyl (C=O) groups excluding carboxylic acids is 1. The van der Waals surface area contributed by atoms with Gasteiger partial charge in [0.15, 0.2) is 12.0 Å². The molecule has 1 atom stereocenters. The number of amides is 2. The van der Waals surface area contributed by atoms with Crippen LogP contribution in [-0.2, 0) is 6.42 Å². The third-order valence-electron chi connectivity index (χ3n) is 2.77. The minimum Gasteiger partial charge on any atom is -0.371 e. The van der Waals surface area contributed by atoms with E-state index in [0.717, 1.165) is 6.42 Å². The van der Waals surface area contributed by atoms with Crippen molar-refractivity contribution in [2.45, 2.75) is 33.4 Å². The number of rotatable bonds is 2. The fourth-order valence-corrected chi connectivity index (χ4v) is 1.99. The number of carbonyl (C=O) groups is 1. The van der Waals surface area contributed by atoms with Crippen molar-refractivity contribution >= 4 is 11.8 Å². The SMILES string of the molecule is CN1CC(O)N(c2cc(CC(C)(C)C)on2)C1=O. The minimum atomic E-state index is -0.866. The molecule has 6 heteroatoms. The molecule has 0 radical (unpaired) electrons. The van der Waals surface area contributed by atoms with Crippen LogP contribution in [0.5, 0.6) is 0 Å². The first-order chi connectivity index (χ1) is 8.28. The molecule has 0 aromatic carbocycles. The molecular formula is C12H19N3O3. The van der Waals surface area contributed by atoms with Crippen molar-refractivity contribution in [3.8, 4) is 0 Å². The van der Waals surface area contributed by atoms with Crippen molar-refractivity contribution in [1.29, 1.82) is 0 Å². The van der Waals surface area contributed by atoms with Crippen molar-refractivity contribution < 1.29 is 14.4 Å². The summed E-state index contributed by atoms with van der Waals surface area (Å²) in [4.78, 5) is 14.5. The smallest absolute Gasteiger partial charge is 0.327 e. The van der Waals surface area contributed by atoms with E-state index in [1.807, 2.05) is 0 Å². The lowest BCUT2D eigenvalue weighted by Crippen LogP contribution is -2.34. The first-order valence-electron chi connectivity index (χ1n) is 5.96. The van der Waals surface area contributed by atoms with Crippen LogP contribution in [0, 0.1) is 5.41 Å². The van der Waals surface area contributed by atoms with Gasteiger partial charge in [-0.1, -0.05) is 25.9 Å². The van der Waals surface area contributed by atoms with Crippen LogP contribution in [0.1, 0.15) is 26.5 Å². The zero-order valence-electron chi connectivity index (χ0n) is 11.2. The van der Waals surface area contributed by atoms with Gasteiger partial charge in [0.05, 0.1) is 6.54 Å². The average Bonchev–Trinajstić information content (AvgIpc) is 2.71. The van der Waals surface area contributed by atoms with Gasteiger partial charge in [0, 0.05) is 19.5 Å². The summed E-state index contributed by atoms with van der Waals surface area (Å²) < 4.78 is 5.21. The Kier molecular flexibility index (Phi) is 3.06. The lowest BCUT2D eigenvalue weighted by Gasteiger charge is -2.15. The maximum absolute atomic E-state index is 11.8. The van der Waals surface area contributed by atoms with E-state index in [1.165, 1.54) is 9.80 Å². The maximum Gasteiger partial charge on any atom is 0.327 e. The van der Waals surface area contributed by atoms with Crippen LogP contribution in [0.2, 0.25) is 0 Å². The van der Waals surface area contributed by atoms with Gasteiger partial charge in [0.2, 0.25) is 0 Å². The van der Waals surface area contributed by atoms with Gasteiger partial charge in [-0.05, 0) is 5.41 Å². The number of anilines is 1. The Labute approximate surface area is 106 Å². The quantitative estimate of drug-likeness (QED) is 0.866. The van der Waals surface area contributed by atoms with E-state index in [2.05, 4.69) is 25.9 Å². The van der Waals surface area contributed by atoms with E-state index < -0.39 is 6.23 Å². The molecule has 1 aromatic rings. The van der Waals surface area contributed by atoms with E-state index in [-0.39, 0.29) is 18.0 Å². The number of hydrogen-bond acceptors (Lipinski definition) is 4. The van der Waals surface area contributed by atoms with Crippen molar-refractivity contribution in [3.63, 3.8) is 0 Å². The molecule has 2 heterocycles. The molecule has 2 rings (SSSR count). The standard InChI is InChI=1S/C12H19N3O3/c1-12(2,3)6-8-5-9(13-18-8)15-10(16)7-14(4)11(15)17/h5,10,16H,6-7H2,1-4H3. The van der Waals surface area contributed by atoms with Crippen LogP contribution < -0.4 is 4.90 Å². The number of hydrogen-bond donors (Lipinski definition) is 1. The summed E-state index contributed by atoms with van der Waals surface area (Å²) in [6.07, 6.45) is -0.136. The maximum atomic E-state index is 11.8. The Hall–Kier alpha value is -1.56. The summed E-state index contributed by atoms with van der Waals surface area (Å²) in [5, 5.41) is 13.7. The molecule has 1 fully saturated rings. The number of aliphatic hydroxyl groups excluding tert-OH is 1. The Bertz CT molecular complexity index is 450. The fourth-order valence-electron chi connectivity index (χ4n) is 1.99. The topological polar surface area (TPSA) is 69.8 Å². The third-order valence-corrected chi connectivity index (χ3v) is 2.77. The Morgan fingerprint density at radius 2 is 2.22 bits per heavy atom. The van der Waals surface area contributed by atoms with Crippen molar-refractivity contribution in [2.24, 2.45) is 5.41 Å². The fraction of sp³-hybridized carbons (Fsp3) is 0.667. The van der Waals surface area contributed by atoms with Crippen LogP contribution in [0.15, 0.2) is 10.6 Å². The second-order valence-electron chi connectivity index (χ2n) is 5.90. The largest absolute Gasteiger partial charge is 0.371 e. The number of aliphatic hydroxyl groups is 1. The molecule has 6 nitrogen and oxygen atoms in total. The van der Waals surface area contributed by atoms with E-state index >= 15 is 0 Å². The zero-order chi connectivity index (χ0) is 13.5. The highest BCUT2D eigenvalue weighted by atomic mass is 16.5. The molecule has 100 valence electrons. The third kappa shape index (κ3) is 2.48. The van der Waals surface area contributed by atoms with Gasteiger partial charge in [-0.15, -0.1) is 0 Å². The molecule has 1 aliphatic rings. The van der Waals surface area contributed by atoms with Crippen molar-refractivity contribution in [2.75, 3.05) is 18.5 Å². The minimum absolute atomic E-state index is 0.0846. The van der Waals surface area contributed by atoms with Crippen LogP contribution in [-0.4, -0.2) is 41.0 Å². The van der Waals surface area contributed by atoms with E-state index in [9.17, 15) is 9.90 Å². The van der Waals surface area contributed by atoms with Gasteiger partial charge in [-0.25, -0.2) is 9.69 Å². The van der Waals surface area contributed by atoms with Crippen LogP contribution in [0.25, 0.3) is 0 Å². The number of likely N-dealkylation sites (N-methyl/N-ethyl adjacent to an activating group) is 1. The summed E-state index contributed by atoms with van der Waals surface area (Å²) in [6, 6.07) is 1.45. The zero-order valence-corrected chi connectivity index (χ0v) is 11.2. The van der Waals surface area contributed by atoms with Crippen molar-refractivity contribution in [1.82, 2.24) is 10.1 Å². The van der Waals surface area contributed by atoms with E-state index in [1.54, 1.807) is 13.1 Å². The molecule has 1 saturated heterocycles. The molecule has 1 N–H and O–H groups in total. The van der Waals surface area contributed by atoms with Crippen LogP contribution >= 0.6 is 0 Å². The van der Waals surface area contributed by atoms with Gasteiger partial charge in [0.25, 0.3) is 0 Å². The molecule has 0 bridgehead atoms. The molecule has 1 aliphatic heterocycles. The first kappa shape index (κ1) is 12.9. The first-order valence-corrected chi connectivity index (χ1v) is 5.96. The van der Waals surface area contributed by atoms with Gasteiger partial charge in [0.1, 0.15) is 5.76 Å². The van der Waals surface area contributed by atoms with E-state index in [0.29, 0.717) is 11.6 Å². The second-order valence-corrected chi connectivity index (χ2v) is 5.90. The summed E-state index contributed by atoms with van der Waals surface area (Å²) in [5.74, 6) is 1.09. The van der Waals surface area contributed by atoms with E-state index in [4.69, 9.17) is 4.52 Å². The number of urea groups is 1. The Balaban J connectivity index is 2.18. The molecular weight excluding hydrogens is 234 g/mol. The van der Waals surface area contributed by atoms with Gasteiger partial charge < -0.3 is 14.5 Å². The molecule has 18 heavy (non-hydrogen) atoms. The highest BCUT2D eigenvalue weighted by Gasteiger charge is 2.36. The monoisotopic (exact) mass is 253 g/mol. The molecule has 2 amide bonds. The predicted octanol–water partition coefficient (Wildman–Crippen LogP) is 1.45. The van der Waals surface area contributed by atoms with Gasteiger partial charge in [-0.3, -0.25) is 0 Å².